The normalized spacial score (nSPS) is 11.2. The van der Waals surface area contributed by atoms with Crippen molar-refractivity contribution in [3.05, 3.63) is 23.5 Å². The van der Waals surface area contributed by atoms with Crippen LogP contribution >= 0.6 is 0 Å². The zero-order valence-electron chi connectivity index (χ0n) is 17.8. The van der Waals surface area contributed by atoms with Crippen LogP contribution in [-0.2, 0) is 0 Å². The van der Waals surface area contributed by atoms with Gasteiger partial charge in [0, 0.05) is 23.8 Å². The van der Waals surface area contributed by atoms with Crippen LogP contribution in [0.2, 0.25) is 0 Å². The monoisotopic (exact) mass is 387 g/mol. The molecule has 0 aliphatic rings. The third kappa shape index (κ3) is 5.10. The molecule has 154 valence electrons. The van der Waals surface area contributed by atoms with Crippen LogP contribution in [0.4, 0.5) is 11.6 Å². The van der Waals surface area contributed by atoms with Crippen molar-refractivity contribution in [1.82, 2.24) is 15.0 Å². The van der Waals surface area contributed by atoms with Gasteiger partial charge >= 0.3 is 0 Å². The number of aliphatic hydroxyl groups excluding tert-OH is 1. The Morgan fingerprint density at radius 1 is 1.07 bits per heavy atom. The first-order valence-corrected chi connectivity index (χ1v) is 10.00. The number of methoxy groups -OCH3 is 1. The molecule has 3 N–H and O–H groups in total. The highest BCUT2D eigenvalue weighted by molar-refractivity contribution is 5.75. The van der Waals surface area contributed by atoms with Gasteiger partial charge in [0.15, 0.2) is 5.82 Å². The highest BCUT2D eigenvalue weighted by atomic mass is 16.5. The van der Waals surface area contributed by atoms with Crippen molar-refractivity contribution in [3.8, 4) is 17.1 Å². The van der Waals surface area contributed by atoms with Crippen LogP contribution in [0.3, 0.4) is 0 Å². The molecule has 0 spiro atoms. The van der Waals surface area contributed by atoms with E-state index in [4.69, 9.17) is 19.7 Å². The summed E-state index contributed by atoms with van der Waals surface area (Å²) < 4.78 is 5.52. The lowest BCUT2D eigenvalue weighted by molar-refractivity contribution is 0.311. The number of hydrogen-bond acceptors (Lipinski definition) is 7. The second-order valence-corrected chi connectivity index (χ2v) is 7.11. The van der Waals surface area contributed by atoms with E-state index in [1.807, 2.05) is 19.1 Å². The summed E-state index contributed by atoms with van der Waals surface area (Å²) in [5, 5.41) is 15.9. The molecular weight excluding hydrogens is 354 g/mol. The molecule has 0 saturated carbocycles. The molecular formula is C21H33N5O2. The quantitative estimate of drug-likeness (QED) is 0.568. The predicted octanol–water partition coefficient (Wildman–Crippen LogP) is 3.98. The van der Waals surface area contributed by atoms with Gasteiger partial charge in [-0.25, -0.2) is 15.0 Å². The number of aryl methyl sites for hydroxylation is 1. The summed E-state index contributed by atoms with van der Waals surface area (Å²) in [6.45, 7) is 10.9. The van der Waals surface area contributed by atoms with Crippen LogP contribution in [0, 0.1) is 6.92 Å². The van der Waals surface area contributed by atoms with Crippen molar-refractivity contribution < 1.29 is 9.84 Å². The summed E-state index contributed by atoms with van der Waals surface area (Å²) in [7, 11) is 1.60. The number of rotatable bonds is 10. The molecule has 0 aliphatic carbocycles. The molecule has 7 nitrogen and oxygen atoms in total. The molecule has 0 atom stereocenters. The molecule has 0 aromatic carbocycles. The van der Waals surface area contributed by atoms with Gasteiger partial charge in [0.25, 0.3) is 5.88 Å². The maximum atomic E-state index is 9.22. The molecule has 0 unspecified atom stereocenters. The first kappa shape index (κ1) is 21.9. The molecule has 7 heteroatoms. The minimum atomic E-state index is 0.0271. The number of aromatic nitrogens is 3. The van der Waals surface area contributed by atoms with Crippen molar-refractivity contribution >= 4 is 11.6 Å². The Kier molecular flexibility index (Phi) is 7.99. The van der Waals surface area contributed by atoms with Crippen molar-refractivity contribution in [2.45, 2.75) is 59.4 Å². The maximum absolute atomic E-state index is 9.22. The van der Waals surface area contributed by atoms with Crippen LogP contribution in [0.15, 0.2) is 12.1 Å². The third-order valence-electron chi connectivity index (χ3n) is 4.73. The molecule has 2 aromatic rings. The highest BCUT2D eigenvalue weighted by Gasteiger charge is 2.19. The number of nitrogens with one attached hydrogen (secondary N) is 2. The summed E-state index contributed by atoms with van der Waals surface area (Å²) >= 11 is 0. The van der Waals surface area contributed by atoms with Gasteiger partial charge in [0.2, 0.25) is 0 Å². The molecule has 0 amide bonds. The minimum Gasteiger partial charge on any atom is -0.478 e. The van der Waals surface area contributed by atoms with Gasteiger partial charge in [-0.15, -0.1) is 0 Å². The van der Waals surface area contributed by atoms with Crippen LogP contribution < -0.4 is 15.4 Å². The zero-order valence-corrected chi connectivity index (χ0v) is 17.8. The fourth-order valence-corrected chi connectivity index (χ4v) is 2.98. The average Bonchev–Trinajstić information content (AvgIpc) is 2.70. The van der Waals surface area contributed by atoms with Gasteiger partial charge in [-0.3, -0.25) is 0 Å². The molecule has 28 heavy (non-hydrogen) atoms. The molecule has 2 heterocycles. The Morgan fingerprint density at radius 2 is 1.79 bits per heavy atom. The Hall–Kier alpha value is -2.41. The second kappa shape index (κ2) is 10.2. The van der Waals surface area contributed by atoms with E-state index in [1.165, 1.54) is 0 Å². The lowest BCUT2D eigenvalue weighted by Crippen LogP contribution is -2.19. The van der Waals surface area contributed by atoms with E-state index in [1.54, 1.807) is 7.11 Å². The number of aliphatic hydroxyl groups is 1. The number of nitrogens with zero attached hydrogens (tertiary/aromatic N) is 3. The lowest BCUT2D eigenvalue weighted by atomic mass is 10.1. The SMILES string of the molecule is CCC(CC)Nc1nc(C)c(-c2ccc(C(C)C)nc2NCCO)nc1OC. The molecule has 0 fully saturated rings. The minimum absolute atomic E-state index is 0.0271. The first-order valence-electron chi connectivity index (χ1n) is 10.00. The predicted molar refractivity (Wildman–Crippen MR) is 114 cm³/mol. The Labute approximate surface area is 168 Å². The third-order valence-corrected chi connectivity index (χ3v) is 4.73. The van der Waals surface area contributed by atoms with Crippen LogP contribution in [-0.4, -0.2) is 46.4 Å². The van der Waals surface area contributed by atoms with Gasteiger partial charge < -0.3 is 20.5 Å². The van der Waals surface area contributed by atoms with Gasteiger partial charge in [0.1, 0.15) is 5.82 Å². The number of ether oxygens (including phenoxy) is 1. The van der Waals surface area contributed by atoms with Gasteiger partial charge in [0.05, 0.1) is 25.1 Å². The molecule has 2 rings (SSSR count). The van der Waals surface area contributed by atoms with E-state index in [2.05, 4.69) is 38.3 Å². The van der Waals surface area contributed by atoms with E-state index >= 15 is 0 Å². The average molecular weight is 388 g/mol. The number of hydrogen-bond donors (Lipinski definition) is 3. The van der Waals surface area contributed by atoms with Crippen molar-refractivity contribution in [1.29, 1.82) is 0 Å². The zero-order chi connectivity index (χ0) is 20.7. The van der Waals surface area contributed by atoms with Crippen molar-refractivity contribution in [3.63, 3.8) is 0 Å². The summed E-state index contributed by atoms with van der Waals surface area (Å²) in [4.78, 5) is 14.2. The van der Waals surface area contributed by atoms with Crippen LogP contribution in [0.25, 0.3) is 11.3 Å². The van der Waals surface area contributed by atoms with Gasteiger partial charge in [-0.1, -0.05) is 27.7 Å². The van der Waals surface area contributed by atoms with E-state index in [0.717, 1.165) is 35.5 Å². The Morgan fingerprint density at radius 3 is 2.36 bits per heavy atom. The topological polar surface area (TPSA) is 92.2 Å². The molecule has 0 aliphatic heterocycles. The largest absolute Gasteiger partial charge is 0.478 e. The van der Waals surface area contributed by atoms with Gasteiger partial charge in [-0.2, -0.15) is 0 Å². The smallest absolute Gasteiger partial charge is 0.257 e. The molecule has 0 saturated heterocycles. The summed E-state index contributed by atoms with van der Waals surface area (Å²) in [6.07, 6.45) is 2.00. The molecule has 0 bridgehead atoms. The van der Waals surface area contributed by atoms with Crippen LogP contribution in [0.1, 0.15) is 57.8 Å². The second-order valence-electron chi connectivity index (χ2n) is 7.11. The fraction of sp³-hybridized carbons (Fsp3) is 0.571. The number of anilines is 2. The van der Waals surface area contributed by atoms with E-state index in [0.29, 0.717) is 36.0 Å². The van der Waals surface area contributed by atoms with E-state index in [9.17, 15) is 5.11 Å². The Bertz CT molecular complexity index is 776. The van der Waals surface area contributed by atoms with Crippen molar-refractivity contribution in [2.24, 2.45) is 0 Å². The lowest BCUT2D eigenvalue weighted by Gasteiger charge is -2.19. The van der Waals surface area contributed by atoms with E-state index in [-0.39, 0.29) is 6.61 Å². The summed E-state index contributed by atoms with van der Waals surface area (Å²) in [6, 6.07) is 4.34. The molecule has 2 aromatic heterocycles. The number of pyridine rings is 1. The first-order chi connectivity index (χ1) is 13.4. The van der Waals surface area contributed by atoms with Crippen LogP contribution in [0.5, 0.6) is 5.88 Å². The van der Waals surface area contributed by atoms with Crippen molar-refractivity contribution in [2.75, 3.05) is 30.9 Å². The highest BCUT2D eigenvalue weighted by Crippen LogP contribution is 2.33. The fourth-order valence-electron chi connectivity index (χ4n) is 2.98. The summed E-state index contributed by atoms with van der Waals surface area (Å²) in [5.41, 5.74) is 3.33. The van der Waals surface area contributed by atoms with E-state index < -0.39 is 0 Å². The Balaban J connectivity index is 2.51. The maximum Gasteiger partial charge on any atom is 0.257 e. The standard InChI is InChI=1S/C21H33N5O2/c1-7-15(8-2)24-20-21(28-6)26-18(14(5)23-20)16-9-10-17(13(3)4)25-19(16)22-11-12-27/h9-10,13,15,27H,7-8,11-12H2,1-6H3,(H,22,25)(H,23,24). The van der Waals surface area contributed by atoms with Gasteiger partial charge in [-0.05, 0) is 37.8 Å². The summed E-state index contributed by atoms with van der Waals surface area (Å²) in [5.74, 6) is 2.13. The molecule has 0 radical (unpaired) electrons.